The zero-order valence-corrected chi connectivity index (χ0v) is 14.9. The molecule has 0 aliphatic carbocycles. The van der Waals surface area contributed by atoms with Crippen LogP contribution in [0.2, 0.25) is 0 Å². The van der Waals surface area contributed by atoms with Crippen LogP contribution in [-0.2, 0) is 11.0 Å². The van der Waals surface area contributed by atoms with Crippen LogP contribution in [0, 0.1) is 6.92 Å². The Kier molecular flexibility index (Phi) is 6.55. The van der Waals surface area contributed by atoms with Crippen molar-refractivity contribution in [2.75, 3.05) is 6.54 Å². The maximum absolute atomic E-state index is 13.3. The van der Waals surface area contributed by atoms with Crippen molar-refractivity contribution in [3.63, 3.8) is 0 Å². The maximum Gasteiger partial charge on any atom is 0.418 e. The van der Waals surface area contributed by atoms with Crippen LogP contribution in [0.15, 0.2) is 35.1 Å². The summed E-state index contributed by atoms with van der Waals surface area (Å²) in [5, 5.41) is 14.8. The van der Waals surface area contributed by atoms with Crippen LogP contribution in [-0.4, -0.2) is 33.3 Å². The molecule has 0 spiro atoms. The molecule has 0 unspecified atom stereocenters. The average Bonchev–Trinajstić information content (AvgIpc) is 2.60. The fraction of sp³-hybridized carbons (Fsp3) is 0.333. The van der Waals surface area contributed by atoms with E-state index in [1.54, 1.807) is 0 Å². The van der Waals surface area contributed by atoms with Gasteiger partial charge in [-0.3, -0.25) is 14.4 Å². The molecule has 0 bridgehead atoms. The topological polar surface area (TPSA) is 101 Å². The van der Waals surface area contributed by atoms with Gasteiger partial charge < -0.3 is 10.4 Å². The number of carbonyl (C=O) groups excluding carboxylic acids is 1. The van der Waals surface area contributed by atoms with Gasteiger partial charge in [0.1, 0.15) is 0 Å². The van der Waals surface area contributed by atoms with Crippen molar-refractivity contribution in [2.45, 2.75) is 32.4 Å². The van der Waals surface area contributed by atoms with Crippen molar-refractivity contribution in [2.24, 2.45) is 0 Å². The smallest absolute Gasteiger partial charge is 0.418 e. The Bertz CT molecular complexity index is 938. The van der Waals surface area contributed by atoms with Crippen molar-refractivity contribution in [3.05, 3.63) is 57.5 Å². The average molecular weight is 397 g/mol. The van der Waals surface area contributed by atoms with Gasteiger partial charge in [0.25, 0.3) is 5.91 Å². The van der Waals surface area contributed by atoms with Gasteiger partial charge in [-0.1, -0.05) is 12.1 Å². The molecule has 10 heteroatoms. The van der Waals surface area contributed by atoms with Crippen molar-refractivity contribution >= 4 is 11.9 Å². The molecule has 28 heavy (non-hydrogen) atoms. The Balaban J connectivity index is 2.30. The number of aryl methyl sites for hydroxylation is 1. The van der Waals surface area contributed by atoms with Crippen LogP contribution in [0.1, 0.15) is 41.0 Å². The summed E-state index contributed by atoms with van der Waals surface area (Å²) < 4.78 is 40.7. The van der Waals surface area contributed by atoms with Crippen LogP contribution in [0.4, 0.5) is 13.2 Å². The van der Waals surface area contributed by atoms with E-state index < -0.39 is 34.7 Å². The monoisotopic (exact) mass is 397 g/mol. The van der Waals surface area contributed by atoms with Gasteiger partial charge in [-0.25, -0.2) is 4.68 Å². The van der Waals surface area contributed by atoms with Gasteiger partial charge in [0.2, 0.25) is 5.43 Å². The maximum atomic E-state index is 13.3. The van der Waals surface area contributed by atoms with Crippen molar-refractivity contribution in [1.29, 1.82) is 0 Å². The Morgan fingerprint density at radius 3 is 2.54 bits per heavy atom. The minimum atomic E-state index is -4.64. The number of aliphatic carboxylic acids is 1. The first-order valence-electron chi connectivity index (χ1n) is 8.39. The molecule has 1 amide bonds. The highest BCUT2D eigenvalue weighted by atomic mass is 19.4. The minimum absolute atomic E-state index is 0.0559. The van der Waals surface area contributed by atoms with Crippen molar-refractivity contribution < 1.29 is 27.9 Å². The molecule has 2 N–H and O–H groups in total. The number of carbonyl (C=O) groups is 2. The van der Waals surface area contributed by atoms with E-state index >= 15 is 0 Å². The molecule has 1 heterocycles. The van der Waals surface area contributed by atoms with E-state index in [0.717, 1.165) is 16.8 Å². The Morgan fingerprint density at radius 2 is 1.89 bits per heavy atom. The first kappa shape index (κ1) is 21.1. The van der Waals surface area contributed by atoms with E-state index in [-0.39, 0.29) is 24.3 Å². The van der Waals surface area contributed by atoms with Crippen LogP contribution >= 0.6 is 0 Å². The Labute approximate surface area is 157 Å². The third-order valence-electron chi connectivity index (χ3n) is 3.86. The number of hydrogen-bond donors (Lipinski definition) is 2. The number of hydrogen-bond acceptors (Lipinski definition) is 4. The first-order chi connectivity index (χ1) is 13.1. The number of aromatic nitrogens is 2. The van der Waals surface area contributed by atoms with Gasteiger partial charge in [0, 0.05) is 24.7 Å². The van der Waals surface area contributed by atoms with E-state index in [4.69, 9.17) is 5.11 Å². The summed E-state index contributed by atoms with van der Waals surface area (Å²) >= 11 is 0. The molecule has 1 aromatic carbocycles. The molecule has 0 aliphatic heterocycles. The summed E-state index contributed by atoms with van der Waals surface area (Å²) in [6, 6.07) is 5.75. The zero-order chi connectivity index (χ0) is 20.9. The lowest BCUT2D eigenvalue weighted by Crippen LogP contribution is -2.32. The number of nitrogens with one attached hydrogen (secondary N) is 1. The number of para-hydroxylation sites is 1. The van der Waals surface area contributed by atoms with Gasteiger partial charge in [0.15, 0.2) is 5.69 Å². The van der Waals surface area contributed by atoms with E-state index in [1.807, 2.05) is 0 Å². The third-order valence-corrected chi connectivity index (χ3v) is 3.86. The molecule has 0 fully saturated rings. The van der Waals surface area contributed by atoms with Crippen LogP contribution in [0.25, 0.3) is 5.69 Å². The van der Waals surface area contributed by atoms with Gasteiger partial charge in [-0.15, -0.1) is 0 Å². The van der Waals surface area contributed by atoms with Gasteiger partial charge in [-0.2, -0.15) is 18.3 Å². The molecule has 0 saturated heterocycles. The van der Waals surface area contributed by atoms with Crippen molar-refractivity contribution in [1.82, 2.24) is 15.1 Å². The number of nitrogens with zero attached hydrogens (tertiary/aromatic N) is 2. The van der Waals surface area contributed by atoms with Crippen LogP contribution in [0.5, 0.6) is 0 Å². The molecule has 0 radical (unpaired) electrons. The van der Waals surface area contributed by atoms with Crippen LogP contribution in [0.3, 0.4) is 0 Å². The third kappa shape index (κ3) is 5.18. The number of alkyl halides is 3. The Morgan fingerprint density at radius 1 is 1.21 bits per heavy atom. The molecule has 0 saturated carbocycles. The second kappa shape index (κ2) is 8.68. The SMILES string of the molecule is Cc1cc(=O)c(C(=O)NCCCCC(=O)O)nn1-c1ccccc1C(F)(F)F. The summed E-state index contributed by atoms with van der Waals surface area (Å²) in [4.78, 5) is 34.7. The number of carboxylic acid groups (broad SMARTS) is 1. The molecule has 150 valence electrons. The normalized spacial score (nSPS) is 11.3. The summed E-state index contributed by atoms with van der Waals surface area (Å²) in [6.07, 6.45) is -3.99. The Hall–Kier alpha value is -3.17. The molecule has 1 aromatic heterocycles. The molecule has 2 aromatic rings. The second-order valence-corrected chi connectivity index (χ2v) is 6.03. The largest absolute Gasteiger partial charge is 0.481 e. The fourth-order valence-electron chi connectivity index (χ4n) is 2.53. The number of rotatable bonds is 7. The van der Waals surface area contributed by atoms with Gasteiger partial charge in [0.05, 0.1) is 11.3 Å². The lowest BCUT2D eigenvalue weighted by molar-refractivity contribution is -0.138. The predicted octanol–water partition coefficient (Wildman–Crippen LogP) is 2.54. The molecule has 0 aliphatic rings. The molecular weight excluding hydrogens is 379 g/mol. The highest BCUT2D eigenvalue weighted by molar-refractivity contribution is 5.92. The molecule has 7 nitrogen and oxygen atoms in total. The highest BCUT2D eigenvalue weighted by Crippen LogP contribution is 2.33. The number of benzene rings is 1. The fourth-order valence-corrected chi connectivity index (χ4v) is 2.53. The van der Waals surface area contributed by atoms with Crippen LogP contribution < -0.4 is 10.7 Å². The second-order valence-electron chi connectivity index (χ2n) is 6.03. The van der Waals surface area contributed by atoms with Gasteiger partial charge >= 0.3 is 12.1 Å². The van der Waals surface area contributed by atoms with E-state index in [2.05, 4.69) is 10.4 Å². The molecule has 2 rings (SSSR count). The highest BCUT2D eigenvalue weighted by Gasteiger charge is 2.34. The summed E-state index contributed by atoms with van der Waals surface area (Å²) in [5.74, 6) is -1.80. The predicted molar refractivity (Wildman–Crippen MR) is 93.4 cm³/mol. The number of carboxylic acids is 1. The summed E-state index contributed by atoms with van der Waals surface area (Å²) in [7, 11) is 0. The number of amides is 1. The van der Waals surface area contributed by atoms with Crippen molar-refractivity contribution in [3.8, 4) is 5.69 Å². The summed E-state index contributed by atoms with van der Waals surface area (Å²) in [6.45, 7) is 1.52. The first-order valence-corrected chi connectivity index (χ1v) is 8.39. The molecular formula is C18H18F3N3O4. The van der Waals surface area contributed by atoms with E-state index in [9.17, 15) is 27.6 Å². The van der Waals surface area contributed by atoms with Gasteiger partial charge in [-0.05, 0) is 31.9 Å². The zero-order valence-electron chi connectivity index (χ0n) is 14.9. The van der Waals surface area contributed by atoms with E-state index in [0.29, 0.717) is 12.8 Å². The lowest BCUT2D eigenvalue weighted by Gasteiger charge is -2.16. The number of unbranched alkanes of at least 4 members (excludes halogenated alkanes) is 1. The van der Waals surface area contributed by atoms with E-state index in [1.165, 1.54) is 25.1 Å². The minimum Gasteiger partial charge on any atom is -0.481 e. The lowest BCUT2D eigenvalue weighted by atomic mass is 10.1. The standard InChI is InChI=1S/C18H18F3N3O4/c1-11-10-14(25)16(17(28)22-9-5-4-8-15(26)27)23-24(11)13-7-3-2-6-12(13)18(19,20)21/h2-3,6-7,10H,4-5,8-9H2,1H3,(H,22,28)(H,26,27). The molecule has 0 atom stereocenters. The quantitative estimate of drug-likeness (QED) is 0.700. The summed E-state index contributed by atoms with van der Waals surface area (Å²) in [5.41, 5.74) is -2.38. The number of halogens is 3.